The summed E-state index contributed by atoms with van der Waals surface area (Å²) in [5, 5.41) is 17.4. The smallest absolute Gasteiger partial charge is 0.188 e. The summed E-state index contributed by atoms with van der Waals surface area (Å²) >= 11 is 0. The van der Waals surface area contributed by atoms with Crippen LogP contribution in [0.15, 0.2) is 21.8 Å². The summed E-state index contributed by atoms with van der Waals surface area (Å²) < 4.78 is 0. The van der Waals surface area contributed by atoms with Gasteiger partial charge in [-0.1, -0.05) is 0 Å². The molecule has 1 heterocycles. The second-order valence-electron chi connectivity index (χ2n) is 2.70. The van der Waals surface area contributed by atoms with Crippen molar-refractivity contribution in [2.45, 2.75) is 19.9 Å². The summed E-state index contributed by atoms with van der Waals surface area (Å²) in [7, 11) is 0. The van der Waals surface area contributed by atoms with Crippen LogP contribution in [0.4, 0.5) is 0 Å². The van der Waals surface area contributed by atoms with E-state index in [4.69, 9.17) is 10.5 Å². The van der Waals surface area contributed by atoms with Crippen LogP contribution in [0.5, 0.6) is 0 Å². The highest BCUT2D eigenvalue weighted by molar-refractivity contribution is 6.08. The Kier molecular flexibility index (Phi) is 2.56. The molecule has 0 amide bonds. The maximum atomic E-state index is 8.71. The minimum atomic E-state index is -0.751. The Hall–Kier alpha value is -1.94. The predicted molar refractivity (Wildman–Crippen MR) is 49.3 cm³/mol. The standard InChI is InChI=1S/C9H8N4/c1-6-3-7(2)13-9(5-11)8(4-10)12-6/h3,8H,1-2H3. The SMILES string of the molecule is CC1=CC(C)=NC(C#N)C(C#N)=N1. The fourth-order valence-corrected chi connectivity index (χ4v) is 1.06. The van der Waals surface area contributed by atoms with E-state index in [9.17, 15) is 0 Å². The lowest BCUT2D eigenvalue weighted by molar-refractivity contribution is 1.09. The molecule has 1 rings (SSSR count). The summed E-state index contributed by atoms with van der Waals surface area (Å²) in [6, 6.07) is 3.05. The first-order valence-corrected chi connectivity index (χ1v) is 3.78. The number of hydrogen-bond acceptors (Lipinski definition) is 4. The van der Waals surface area contributed by atoms with Crippen molar-refractivity contribution in [3.05, 3.63) is 11.8 Å². The molecule has 0 aromatic carbocycles. The monoisotopic (exact) mass is 172 g/mol. The average molecular weight is 172 g/mol. The number of nitriles is 2. The maximum Gasteiger partial charge on any atom is 0.188 e. The molecular weight excluding hydrogens is 164 g/mol. The molecule has 0 saturated heterocycles. The lowest BCUT2D eigenvalue weighted by atomic mass is 10.2. The highest BCUT2D eigenvalue weighted by Gasteiger charge is 2.15. The van der Waals surface area contributed by atoms with Crippen molar-refractivity contribution in [1.82, 2.24) is 0 Å². The van der Waals surface area contributed by atoms with Gasteiger partial charge in [0.1, 0.15) is 6.07 Å². The average Bonchev–Trinajstić information content (AvgIpc) is 2.23. The molecule has 1 aliphatic heterocycles. The van der Waals surface area contributed by atoms with Crippen molar-refractivity contribution in [2.75, 3.05) is 0 Å². The molecule has 4 nitrogen and oxygen atoms in total. The third kappa shape index (κ3) is 2.00. The molecule has 0 aliphatic carbocycles. The first-order valence-electron chi connectivity index (χ1n) is 3.78. The zero-order chi connectivity index (χ0) is 9.84. The van der Waals surface area contributed by atoms with Crippen molar-refractivity contribution in [1.29, 1.82) is 10.5 Å². The summed E-state index contributed by atoms with van der Waals surface area (Å²) in [6.45, 7) is 3.56. The van der Waals surface area contributed by atoms with E-state index < -0.39 is 6.04 Å². The van der Waals surface area contributed by atoms with E-state index in [0.29, 0.717) is 5.70 Å². The van der Waals surface area contributed by atoms with Crippen LogP contribution in [-0.4, -0.2) is 17.5 Å². The van der Waals surface area contributed by atoms with Gasteiger partial charge in [0.25, 0.3) is 0 Å². The van der Waals surface area contributed by atoms with Crippen LogP contribution >= 0.6 is 0 Å². The van der Waals surface area contributed by atoms with Crippen LogP contribution in [0.25, 0.3) is 0 Å². The number of rotatable bonds is 0. The van der Waals surface area contributed by atoms with Gasteiger partial charge < -0.3 is 0 Å². The number of allylic oxidation sites excluding steroid dienone is 2. The zero-order valence-electron chi connectivity index (χ0n) is 7.44. The van der Waals surface area contributed by atoms with Crippen molar-refractivity contribution in [2.24, 2.45) is 9.98 Å². The minimum Gasteiger partial charge on any atom is -0.264 e. The molecule has 0 bridgehead atoms. The summed E-state index contributed by atoms with van der Waals surface area (Å²) in [6.07, 6.45) is 1.74. The molecule has 1 aliphatic rings. The molecule has 0 aromatic heterocycles. The van der Waals surface area contributed by atoms with Gasteiger partial charge in [0.15, 0.2) is 11.8 Å². The largest absolute Gasteiger partial charge is 0.264 e. The van der Waals surface area contributed by atoms with Gasteiger partial charge in [-0.3, -0.25) is 4.99 Å². The molecule has 0 fully saturated rings. The molecule has 0 saturated carbocycles. The third-order valence-corrected chi connectivity index (χ3v) is 1.54. The van der Waals surface area contributed by atoms with Crippen LogP contribution in [0, 0.1) is 22.7 Å². The normalized spacial score (nSPS) is 21.5. The topological polar surface area (TPSA) is 72.3 Å². The molecule has 0 N–H and O–H groups in total. The second kappa shape index (κ2) is 3.64. The quantitative estimate of drug-likeness (QED) is 0.551. The van der Waals surface area contributed by atoms with E-state index >= 15 is 0 Å². The van der Waals surface area contributed by atoms with Crippen LogP contribution in [0.2, 0.25) is 0 Å². The Morgan fingerprint density at radius 1 is 1.38 bits per heavy atom. The van der Waals surface area contributed by atoms with E-state index in [1.165, 1.54) is 0 Å². The molecule has 0 aromatic rings. The highest BCUT2D eigenvalue weighted by Crippen LogP contribution is 2.06. The third-order valence-electron chi connectivity index (χ3n) is 1.54. The Morgan fingerprint density at radius 3 is 2.62 bits per heavy atom. The lowest BCUT2D eigenvalue weighted by Crippen LogP contribution is -2.14. The Balaban J connectivity index is 3.19. The highest BCUT2D eigenvalue weighted by atomic mass is 14.9. The van der Waals surface area contributed by atoms with Gasteiger partial charge in [0.05, 0.1) is 6.07 Å². The Morgan fingerprint density at radius 2 is 2.08 bits per heavy atom. The molecule has 13 heavy (non-hydrogen) atoms. The van der Waals surface area contributed by atoms with Crippen LogP contribution < -0.4 is 0 Å². The second-order valence-corrected chi connectivity index (χ2v) is 2.70. The van der Waals surface area contributed by atoms with Crippen molar-refractivity contribution >= 4 is 11.4 Å². The maximum absolute atomic E-state index is 8.71. The van der Waals surface area contributed by atoms with E-state index in [1.807, 2.05) is 12.1 Å². The minimum absolute atomic E-state index is 0.160. The number of nitrogens with zero attached hydrogens (tertiary/aromatic N) is 4. The van der Waals surface area contributed by atoms with Crippen LogP contribution in [0.3, 0.4) is 0 Å². The summed E-state index contributed by atoms with van der Waals surface area (Å²) in [4.78, 5) is 8.00. The van der Waals surface area contributed by atoms with Gasteiger partial charge in [0.2, 0.25) is 0 Å². The van der Waals surface area contributed by atoms with E-state index in [0.717, 1.165) is 5.71 Å². The molecule has 64 valence electrons. The molecular formula is C9H8N4. The fourth-order valence-electron chi connectivity index (χ4n) is 1.06. The molecule has 4 heteroatoms. The fraction of sp³-hybridized carbons (Fsp3) is 0.333. The number of hydrogen-bond donors (Lipinski definition) is 0. The van der Waals surface area contributed by atoms with Gasteiger partial charge in [-0.25, -0.2) is 4.99 Å². The van der Waals surface area contributed by atoms with E-state index in [2.05, 4.69) is 9.98 Å². The predicted octanol–water partition coefficient (Wildman–Crippen LogP) is 1.22. The first kappa shape index (κ1) is 9.15. The lowest BCUT2D eigenvalue weighted by Gasteiger charge is -1.97. The first-order chi connectivity index (χ1) is 6.17. The van der Waals surface area contributed by atoms with Crippen molar-refractivity contribution < 1.29 is 0 Å². The van der Waals surface area contributed by atoms with Crippen molar-refractivity contribution in [3.8, 4) is 12.1 Å². The van der Waals surface area contributed by atoms with E-state index in [-0.39, 0.29) is 5.71 Å². The van der Waals surface area contributed by atoms with Gasteiger partial charge in [-0.15, -0.1) is 0 Å². The van der Waals surface area contributed by atoms with Crippen LogP contribution in [0.1, 0.15) is 13.8 Å². The Labute approximate surface area is 76.5 Å². The van der Waals surface area contributed by atoms with Gasteiger partial charge in [0, 0.05) is 11.4 Å². The summed E-state index contributed by atoms with van der Waals surface area (Å²) in [5.74, 6) is 0. The van der Waals surface area contributed by atoms with Gasteiger partial charge in [-0.2, -0.15) is 10.5 Å². The summed E-state index contributed by atoms with van der Waals surface area (Å²) in [5.41, 5.74) is 1.58. The number of aliphatic imine (C=N–C) groups is 2. The molecule has 1 unspecified atom stereocenters. The van der Waals surface area contributed by atoms with Crippen molar-refractivity contribution in [3.63, 3.8) is 0 Å². The van der Waals surface area contributed by atoms with Gasteiger partial charge >= 0.3 is 0 Å². The van der Waals surface area contributed by atoms with E-state index in [1.54, 1.807) is 19.9 Å². The zero-order valence-corrected chi connectivity index (χ0v) is 7.44. The Bertz CT molecular complexity index is 387. The molecule has 0 spiro atoms. The molecule has 0 radical (unpaired) electrons. The van der Waals surface area contributed by atoms with Crippen LogP contribution in [-0.2, 0) is 0 Å². The van der Waals surface area contributed by atoms with Gasteiger partial charge in [-0.05, 0) is 19.9 Å². The molecule has 1 atom stereocenters.